The molecule has 2 N–H and O–H groups in total. The summed E-state index contributed by atoms with van der Waals surface area (Å²) in [6.45, 7) is 4.88. The SMILES string of the molecule is O=C(NC1COCc2ccccc21)c1cnc(N2CCNCC2)s1. The van der Waals surface area contributed by atoms with Crippen molar-refractivity contribution >= 4 is 22.4 Å². The zero-order valence-corrected chi connectivity index (χ0v) is 14.1. The zero-order valence-electron chi connectivity index (χ0n) is 13.3. The van der Waals surface area contributed by atoms with Crippen LogP contribution in [-0.4, -0.2) is 43.7 Å². The van der Waals surface area contributed by atoms with Crippen molar-refractivity contribution in [1.82, 2.24) is 15.6 Å². The predicted molar refractivity (Wildman–Crippen MR) is 93.5 cm³/mol. The first-order valence-electron chi connectivity index (χ1n) is 8.19. The molecule has 7 heteroatoms. The third-order valence-electron chi connectivity index (χ3n) is 4.38. The number of ether oxygens (including phenoxy) is 1. The van der Waals surface area contributed by atoms with Crippen molar-refractivity contribution in [2.24, 2.45) is 0 Å². The standard InChI is InChI=1S/C17H20N4O2S/c22-16(15-9-19-17(24-15)21-7-5-18-6-8-21)20-14-11-23-10-12-3-1-2-4-13(12)14/h1-4,9,14,18H,5-8,10-11H2,(H,20,22). The van der Waals surface area contributed by atoms with E-state index in [0.717, 1.165) is 42.4 Å². The molecule has 0 saturated carbocycles. The van der Waals surface area contributed by atoms with E-state index < -0.39 is 0 Å². The highest BCUT2D eigenvalue weighted by atomic mass is 32.1. The Morgan fingerprint density at radius 1 is 1.33 bits per heavy atom. The summed E-state index contributed by atoms with van der Waals surface area (Å²) >= 11 is 1.45. The number of thiazole rings is 1. The van der Waals surface area contributed by atoms with Gasteiger partial charge >= 0.3 is 0 Å². The smallest absolute Gasteiger partial charge is 0.263 e. The minimum Gasteiger partial charge on any atom is -0.374 e. The fourth-order valence-electron chi connectivity index (χ4n) is 3.10. The molecule has 24 heavy (non-hydrogen) atoms. The maximum Gasteiger partial charge on any atom is 0.263 e. The summed E-state index contributed by atoms with van der Waals surface area (Å²) in [7, 11) is 0. The number of hydrogen-bond acceptors (Lipinski definition) is 6. The van der Waals surface area contributed by atoms with Crippen molar-refractivity contribution in [3.63, 3.8) is 0 Å². The Bertz CT molecular complexity index is 727. The van der Waals surface area contributed by atoms with Crippen molar-refractivity contribution in [3.8, 4) is 0 Å². The first kappa shape index (κ1) is 15.6. The first-order valence-corrected chi connectivity index (χ1v) is 9.01. The second-order valence-electron chi connectivity index (χ2n) is 5.98. The molecule has 1 saturated heterocycles. The Balaban J connectivity index is 1.46. The van der Waals surface area contributed by atoms with Gasteiger partial charge in [-0.15, -0.1) is 0 Å². The summed E-state index contributed by atoms with van der Waals surface area (Å²) in [4.78, 5) is 19.9. The third-order valence-corrected chi connectivity index (χ3v) is 5.44. The molecule has 2 aliphatic heterocycles. The Hall–Kier alpha value is -1.96. The van der Waals surface area contributed by atoms with E-state index in [1.54, 1.807) is 6.20 Å². The van der Waals surface area contributed by atoms with Gasteiger partial charge in [-0.25, -0.2) is 4.98 Å². The number of nitrogens with one attached hydrogen (secondary N) is 2. The van der Waals surface area contributed by atoms with Crippen LogP contribution in [0.25, 0.3) is 0 Å². The van der Waals surface area contributed by atoms with E-state index in [9.17, 15) is 4.79 Å². The predicted octanol–water partition coefficient (Wildman–Crippen LogP) is 1.55. The molecule has 2 aliphatic rings. The van der Waals surface area contributed by atoms with E-state index in [1.165, 1.54) is 11.3 Å². The molecule has 1 amide bonds. The highest BCUT2D eigenvalue weighted by molar-refractivity contribution is 7.17. The fourth-order valence-corrected chi connectivity index (χ4v) is 3.97. The minimum absolute atomic E-state index is 0.0841. The maximum absolute atomic E-state index is 12.6. The summed E-state index contributed by atoms with van der Waals surface area (Å²) in [5.41, 5.74) is 2.28. The molecule has 1 fully saturated rings. The minimum atomic E-state index is -0.104. The van der Waals surface area contributed by atoms with Gasteiger partial charge in [0.1, 0.15) is 4.88 Å². The average Bonchev–Trinajstić information content (AvgIpc) is 3.13. The molecule has 0 spiro atoms. The molecular weight excluding hydrogens is 324 g/mol. The fraction of sp³-hybridized carbons (Fsp3) is 0.412. The molecular formula is C17H20N4O2S. The van der Waals surface area contributed by atoms with Gasteiger partial charge in [-0.1, -0.05) is 35.6 Å². The quantitative estimate of drug-likeness (QED) is 0.884. The topological polar surface area (TPSA) is 66.5 Å². The summed E-state index contributed by atoms with van der Waals surface area (Å²) < 4.78 is 5.60. The summed E-state index contributed by atoms with van der Waals surface area (Å²) in [5, 5.41) is 7.32. The second kappa shape index (κ2) is 6.88. The van der Waals surface area contributed by atoms with Crippen molar-refractivity contribution in [3.05, 3.63) is 46.5 Å². The Morgan fingerprint density at radius 3 is 3.04 bits per heavy atom. The van der Waals surface area contributed by atoms with E-state index in [-0.39, 0.29) is 11.9 Å². The normalized spacial score (nSPS) is 20.5. The molecule has 0 radical (unpaired) electrons. The van der Waals surface area contributed by atoms with Gasteiger partial charge in [-0.2, -0.15) is 0 Å². The number of carbonyl (C=O) groups is 1. The van der Waals surface area contributed by atoms with Crippen LogP contribution in [-0.2, 0) is 11.3 Å². The van der Waals surface area contributed by atoms with Crippen LogP contribution in [0.3, 0.4) is 0 Å². The van der Waals surface area contributed by atoms with Crippen LogP contribution in [0.5, 0.6) is 0 Å². The van der Waals surface area contributed by atoms with Gasteiger partial charge in [0.15, 0.2) is 5.13 Å². The van der Waals surface area contributed by atoms with Crippen molar-refractivity contribution < 1.29 is 9.53 Å². The molecule has 2 aromatic rings. The van der Waals surface area contributed by atoms with Crippen molar-refractivity contribution in [2.45, 2.75) is 12.6 Å². The number of benzene rings is 1. The Labute approximate surface area is 144 Å². The lowest BCUT2D eigenvalue weighted by Gasteiger charge is -2.27. The van der Waals surface area contributed by atoms with Crippen LogP contribution in [0.4, 0.5) is 5.13 Å². The van der Waals surface area contributed by atoms with Gasteiger partial charge < -0.3 is 20.3 Å². The van der Waals surface area contributed by atoms with Crippen molar-refractivity contribution in [1.29, 1.82) is 0 Å². The third kappa shape index (κ3) is 3.15. The Morgan fingerprint density at radius 2 is 2.17 bits per heavy atom. The van der Waals surface area contributed by atoms with Gasteiger partial charge in [0.05, 0.1) is 25.5 Å². The average molecular weight is 344 g/mol. The van der Waals surface area contributed by atoms with Gasteiger partial charge in [-0.3, -0.25) is 4.79 Å². The lowest BCUT2D eigenvalue weighted by Crippen LogP contribution is -2.43. The number of fused-ring (bicyclic) bond motifs is 1. The highest BCUT2D eigenvalue weighted by Crippen LogP contribution is 2.27. The zero-order chi connectivity index (χ0) is 16.4. The number of hydrogen-bond donors (Lipinski definition) is 2. The van der Waals surface area contributed by atoms with Crippen LogP contribution < -0.4 is 15.5 Å². The van der Waals surface area contributed by atoms with Gasteiger partial charge in [0.2, 0.25) is 0 Å². The van der Waals surface area contributed by atoms with Gasteiger partial charge in [0, 0.05) is 26.2 Å². The molecule has 1 aromatic carbocycles. The summed E-state index contributed by atoms with van der Waals surface area (Å²) in [6, 6.07) is 7.99. The molecule has 0 bridgehead atoms. The number of rotatable bonds is 3. The summed E-state index contributed by atoms with van der Waals surface area (Å²) in [5.74, 6) is -0.0841. The lowest BCUT2D eigenvalue weighted by atomic mass is 9.99. The van der Waals surface area contributed by atoms with Gasteiger partial charge in [-0.05, 0) is 11.1 Å². The van der Waals surface area contributed by atoms with E-state index in [2.05, 4.69) is 26.6 Å². The van der Waals surface area contributed by atoms with E-state index in [4.69, 9.17) is 4.74 Å². The number of amides is 1. The maximum atomic E-state index is 12.6. The second-order valence-corrected chi connectivity index (χ2v) is 6.99. The Kier molecular flexibility index (Phi) is 4.46. The molecule has 1 atom stereocenters. The summed E-state index contributed by atoms with van der Waals surface area (Å²) in [6.07, 6.45) is 1.67. The number of anilines is 1. The molecule has 126 valence electrons. The highest BCUT2D eigenvalue weighted by Gasteiger charge is 2.24. The molecule has 4 rings (SSSR count). The monoisotopic (exact) mass is 344 g/mol. The van der Waals surface area contributed by atoms with E-state index in [0.29, 0.717) is 18.1 Å². The number of piperazine rings is 1. The number of nitrogens with zero attached hydrogens (tertiary/aromatic N) is 2. The van der Waals surface area contributed by atoms with Crippen LogP contribution in [0.1, 0.15) is 26.8 Å². The lowest BCUT2D eigenvalue weighted by molar-refractivity contribution is 0.0710. The molecule has 6 nitrogen and oxygen atoms in total. The van der Waals surface area contributed by atoms with Crippen LogP contribution in [0, 0.1) is 0 Å². The van der Waals surface area contributed by atoms with E-state index in [1.807, 2.05) is 18.2 Å². The van der Waals surface area contributed by atoms with Crippen LogP contribution >= 0.6 is 11.3 Å². The number of carbonyl (C=O) groups excluding carboxylic acids is 1. The molecule has 1 aromatic heterocycles. The van der Waals surface area contributed by atoms with Crippen molar-refractivity contribution in [2.75, 3.05) is 37.7 Å². The molecule has 0 aliphatic carbocycles. The van der Waals surface area contributed by atoms with Crippen LogP contribution in [0.15, 0.2) is 30.5 Å². The largest absolute Gasteiger partial charge is 0.374 e. The molecule has 3 heterocycles. The number of aromatic nitrogens is 1. The van der Waals surface area contributed by atoms with E-state index >= 15 is 0 Å². The first-order chi connectivity index (χ1) is 11.8. The molecule has 1 unspecified atom stereocenters. The van der Waals surface area contributed by atoms with Crippen LogP contribution in [0.2, 0.25) is 0 Å². The van der Waals surface area contributed by atoms with Gasteiger partial charge in [0.25, 0.3) is 5.91 Å².